The number of amides is 2. The third-order valence-electron chi connectivity index (χ3n) is 6.05. The quantitative estimate of drug-likeness (QED) is 0.793. The number of carbonyl (C=O) groups excluding carboxylic acids is 2. The number of cyclic esters (lactones) is 1. The first-order valence-corrected chi connectivity index (χ1v) is 10.2. The van der Waals surface area contributed by atoms with E-state index in [1.165, 1.54) is 0 Å². The van der Waals surface area contributed by atoms with Gasteiger partial charge in [0.2, 0.25) is 0 Å². The number of ether oxygens (including phenoxy) is 1. The highest BCUT2D eigenvalue weighted by Gasteiger charge is 2.50. The second-order valence-corrected chi connectivity index (χ2v) is 8.68. The number of nitrogens with zero attached hydrogens (tertiary/aromatic N) is 3. The number of pyridine rings is 1. The van der Waals surface area contributed by atoms with Crippen LogP contribution in [0.25, 0.3) is 11.0 Å². The molecule has 2 aromatic heterocycles. The van der Waals surface area contributed by atoms with Crippen LogP contribution in [-0.2, 0) is 4.74 Å². The average molecular weight is 396 g/mol. The lowest BCUT2D eigenvalue weighted by Gasteiger charge is -2.38. The largest absolute Gasteiger partial charge is 0.441 e. The predicted molar refractivity (Wildman–Crippen MR) is 111 cm³/mol. The Hall–Kier alpha value is -2.83. The third-order valence-corrected chi connectivity index (χ3v) is 6.05. The fourth-order valence-corrected chi connectivity index (χ4v) is 4.84. The Morgan fingerprint density at radius 1 is 1.28 bits per heavy atom. The lowest BCUT2D eigenvalue weighted by atomic mass is 9.86. The van der Waals surface area contributed by atoms with Gasteiger partial charge in [-0.3, -0.25) is 9.47 Å². The van der Waals surface area contributed by atoms with Gasteiger partial charge in [0.15, 0.2) is 0 Å². The van der Waals surface area contributed by atoms with Gasteiger partial charge in [-0.05, 0) is 64.7 Å². The molecule has 1 saturated carbocycles. The van der Waals surface area contributed by atoms with Gasteiger partial charge in [-0.15, -0.1) is 0 Å². The molecule has 7 heteroatoms. The molecular weight excluding hydrogens is 368 g/mol. The number of nitrogens with one attached hydrogen (secondary N) is 1. The molecule has 4 rings (SSSR count). The number of fused-ring (bicyclic) bond motifs is 1. The van der Waals surface area contributed by atoms with Crippen molar-refractivity contribution in [2.45, 2.75) is 70.2 Å². The molecule has 0 radical (unpaired) electrons. The number of hydrogen-bond acceptors (Lipinski definition) is 4. The molecule has 0 bridgehead atoms. The summed E-state index contributed by atoms with van der Waals surface area (Å²) in [6, 6.07) is 5.58. The van der Waals surface area contributed by atoms with Crippen molar-refractivity contribution in [1.82, 2.24) is 19.8 Å². The van der Waals surface area contributed by atoms with Crippen LogP contribution in [-0.4, -0.2) is 50.3 Å². The second-order valence-electron chi connectivity index (χ2n) is 8.68. The van der Waals surface area contributed by atoms with Crippen molar-refractivity contribution in [3.05, 3.63) is 42.7 Å². The molecule has 0 spiro atoms. The maximum atomic E-state index is 12.7. The Labute approximate surface area is 170 Å². The molecule has 0 unspecified atom stereocenters. The molecule has 2 amide bonds. The first-order chi connectivity index (χ1) is 13.8. The molecule has 2 aromatic rings. The maximum absolute atomic E-state index is 12.7. The standard InChI is InChI=1S/C22H28N4O3/c1-14(2)18-22(3,4)29-21(28)26(18)17-9-7-16(8-10-17)24-20(27)25-13-11-15-6-5-12-23-19(15)25/h5-6,11-13,16-18H,1,7-10H2,2-4H3,(H,24,27)/t16-,17-,18-/m0/s1. The van der Waals surface area contributed by atoms with Gasteiger partial charge in [-0.1, -0.05) is 12.2 Å². The molecule has 1 saturated heterocycles. The van der Waals surface area contributed by atoms with Crippen LogP contribution in [0.15, 0.2) is 42.7 Å². The van der Waals surface area contributed by atoms with Crippen LogP contribution < -0.4 is 5.32 Å². The van der Waals surface area contributed by atoms with Crippen LogP contribution in [0.1, 0.15) is 46.5 Å². The fraction of sp³-hybridized carbons (Fsp3) is 0.500. The van der Waals surface area contributed by atoms with E-state index in [4.69, 9.17) is 4.74 Å². The summed E-state index contributed by atoms with van der Waals surface area (Å²) in [5, 5.41) is 4.06. The van der Waals surface area contributed by atoms with E-state index in [1.54, 1.807) is 17.0 Å². The lowest BCUT2D eigenvalue weighted by Crippen LogP contribution is -2.50. The number of hydrogen-bond donors (Lipinski definition) is 1. The van der Waals surface area contributed by atoms with Crippen molar-refractivity contribution in [1.29, 1.82) is 0 Å². The molecule has 1 aliphatic heterocycles. The summed E-state index contributed by atoms with van der Waals surface area (Å²) >= 11 is 0. The van der Waals surface area contributed by atoms with Gasteiger partial charge >= 0.3 is 12.1 Å². The van der Waals surface area contributed by atoms with Gasteiger partial charge in [0.25, 0.3) is 0 Å². The Morgan fingerprint density at radius 2 is 2.00 bits per heavy atom. The summed E-state index contributed by atoms with van der Waals surface area (Å²) in [5.74, 6) is 0. The van der Waals surface area contributed by atoms with Gasteiger partial charge in [0, 0.05) is 29.9 Å². The van der Waals surface area contributed by atoms with Crippen molar-refractivity contribution in [2.75, 3.05) is 0 Å². The molecule has 2 aliphatic rings. The zero-order valence-corrected chi connectivity index (χ0v) is 17.2. The van der Waals surface area contributed by atoms with E-state index >= 15 is 0 Å². The summed E-state index contributed by atoms with van der Waals surface area (Å²) in [6.45, 7) is 9.90. The summed E-state index contributed by atoms with van der Waals surface area (Å²) in [5.41, 5.74) is 1.02. The Kier molecular flexibility index (Phi) is 4.84. The Morgan fingerprint density at radius 3 is 2.69 bits per heavy atom. The topological polar surface area (TPSA) is 76.5 Å². The van der Waals surface area contributed by atoms with Gasteiger partial charge in [0.1, 0.15) is 11.2 Å². The minimum absolute atomic E-state index is 0.0785. The molecular formula is C22H28N4O3. The van der Waals surface area contributed by atoms with Crippen LogP contribution in [0.4, 0.5) is 9.59 Å². The van der Waals surface area contributed by atoms with Gasteiger partial charge in [-0.25, -0.2) is 14.6 Å². The number of aromatic nitrogens is 2. The number of rotatable bonds is 3. The van der Waals surface area contributed by atoms with E-state index in [0.717, 1.165) is 36.6 Å². The zero-order chi connectivity index (χ0) is 20.8. The van der Waals surface area contributed by atoms with Crippen molar-refractivity contribution in [3.8, 4) is 0 Å². The van der Waals surface area contributed by atoms with E-state index in [0.29, 0.717) is 5.65 Å². The van der Waals surface area contributed by atoms with Crippen LogP contribution in [0, 0.1) is 0 Å². The molecule has 0 aromatic carbocycles. The van der Waals surface area contributed by atoms with Crippen molar-refractivity contribution in [3.63, 3.8) is 0 Å². The first-order valence-electron chi connectivity index (χ1n) is 10.2. The molecule has 7 nitrogen and oxygen atoms in total. The minimum atomic E-state index is -0.573. The van der Waals surface area contributed by atoms with E-state index in [-0.39, 0.29) is 30.2 Å². The summed E-state index contributed by atoms with van der Waals surface area (Å²) in [6.07, 6.45) is 6.45. The SMILES string of the molecule is C=C(C)[C@@H]1N([C@H]2CC[C@H](NC(=O)n3ccc4cccnc43)CC2)C(=O)OC1(C)C. The highest BCUT2D eigenvalue weighted by molar-refractivity contribution is 5.89. The highest BCUT2D eigenvalue weighted by atomic mass is 16.6. The Balaban J connectivity index is 1.40. The van der Waals surface area contributed by atoms with E-state index in [2.05, 4.69) is 16.9 Å². The zero-order valence-electron chi connectivity index (χ0n) is 17.2. The van der Waals surface area contributed by atoms with Crippen LogP contribution >= 0.6 is 0 Å². The van der Waals surface area contributed by atoms with Crippen LogP contribution in [0.5, 0.6) is 0 Å². The normalized spacial score (nSPS) is 26.4. The molecule has 1 aliphatic carbocycles. The molecule has 2 fully saturated rings. The van der Waals surface area contributed by atoms with Crippen LogP contribution in [0.3, 0.4) is 0 Å². The predicted octanol–water partition coefficient (Wildman–Crippen LogP) is 4.08. The minimum Gasteiger partial charge on any atom is -0.441 e. The first kappa shape index (κ1) is 19.5. The highest BCUT2D eigenvalue weighted by Crippen LogP contribution is 2.38. The molecule has 154 valence electrons. The van der Waals surface area contributed by atoms with Gasteiger partial charge < -0.3 is 10.1 Å². The van der Waals surface area contributed by atoms with E-state index in [9.17, 15) is 9.59 Å². The Bertz CT molecular complexity index is 956. The van der Waals surface area contributed by atoms with Crippen molar-refractivity contribution < 1.29 is 14.3 Å². The third kappa shape index (κ3) is 3.50. The lowest BCUT2D eigenvalue weighted by molar-refractivity contribution is 0.0746. The average Bonchev–Trinajstić information content (AvgIpc) is 3.20. The molecule has 1 N–H and O–H groups in total. The summed E-state index contributed by atoms with van der Waals surface area (Å²) < 4.78 is 7.17. The monoisotopic (exact) mass is 396 g/mol. The number of carbonyl (C=O) groups is 2. The van der Waals surface area contributed by atoms with E-state index < -0.39 is 5.60 Å². The summed E-state index contributed by atoms with van der Waals surface area (Å²) in [4.78, 5) is 31.4. The van der Waals surface area contributed by atoms with Gasteiger partial charge in [-0.2, -0.15) is 0 Å². The second kappa shape index (κ2) is 7.21. The van der Waals surface area contributed by atoms with Crippen LogP contribution in [0.2, 0.25) is 0 Å². The maximum Gasteiger partial charge on any atom is 0.411 e. The van der Waals surface area contributed by atoms with Crippen molar-refractivity contribution in [2.24, 2.45) is 0 Å². The molecule has 3 heterocycles. The molecule has 1 atom stereocenters. The van der Waals surface area contributed by atoms with Gasteiger partial charge in [0.05, 0.1) is 6.04 Å². The van der Waals surface area contributed by atoms with E-state index in [1.807, 2.05) is 43.9 Å². The fourth-order valence-electron chi connectivity index (χ4n) is 4.84. The smallest absolute Gasteiger partial charge is 0.411 e. The molecule has 29 heavy (non-hydrogen) atoms. The summed E-state index contributed by atoms with van der Waals surface area (Å²) in [7, 11) is 0. The van der Waals surface area contributed by atoms with Crippen molar-refractivity contribution >= 4 is 23.2 Å².